The van der Waals surface area contributed by atoms with Gasteiger partial charge in [0.05, 0.1) is 5.69 Å². The molecule has 0 bridgehead atoms. The van der Waals surface area contributed by atoms with Crippen molar-refractivity contribution in [3.8, 4) is 0 Å². The highest BCUT2D eigenvalue weighted by atomic mass is 15.3. The zero-order valence-electron chi connectivity index (χ0n) is 12.8. The largest absolute Gasteiger partial charge is 0.349 e. The summed E-state index contributed by atoms with van der Waals surface area (Å²) in [4.78, 5) is 2.17. The maximum atomic E-state index is 4.31. The fourth-order valence-electron chi connectivity index (χ4n) is 1.66. The van der Waals surface area contributed by atoms with Gasteiger partial charge in [0.2, 0.25) is 0 Å². The average Bonchev–Trinajstić information content (AvgIpc) is 2.33. The van der Waals surface area contributed by atoms with Crippen LogP contribution in [0, 0.1) is 0 Å². The van der Waals surface area contributed by atoms with Crippen molar-refractivity contribution in [2.24, 2.45) is 0 Å². The maximum Gasteiger partial charge on any atom is 0.151 e. The first-order chi connectivity index (χ1) is 8.83. The van der Waals surface area contributed by atoms with Gasteiger partial charge in [0.1, 0.15) is 0 Å². The Morgan fingerprint density at radius 3 is 2.42 bits per heavy atom. The van der Waals surface area contributed by atoms with Crippen molar-refractivity contribution in [3.05, 3.63) is 30.5 Å². The number of nitrogens with zero attached hydrogens (tertiary/aromatic N) is 3. The Morgan fingerprint density at radius 2 is 2.00 bits per heavy atom. The fraction of sp³-hybridized carbons (Fsp3) is 0.600. The van der Waals surface area contributed by atoms with E-state index in [4.69, 9.17) is 0 Å². The Bertz CT molecular complexity index is 390. The molecule has 0 saturated heterocycles. The van der Waals surface area contributed by atoms with E-state index in [1.54, 1.807) is 0 Å². The smallest absolute Gasteiger partial charge is 0.151 e. The molecule has 0 saturated carbocycles. The van der Waals surface area contributed by atoms with Gasteiger partial charge in [0.15, 0.2) is 5.82 Å². The van der Waals surface area contributed by atoms with Crippen LogP contribution < -0.4 is 10.2 Å². The second-order valence-corrected chi connectivity index (χ2v) is 6.02. The first kappa shape index (κ1) is 15.6. The standard InChI is InChI=1S/C15H26N4/c1-7-10-19(12(2)3)14-9-8-13(17-18-14)11-16-15(4,5)6/h7-9,12,16H,1,10-11H2,2-6H3. The molecule has 0 radical (unpaired) electrons. The lowest BCUT2D eigenvalue weighted by Gasteiger charge is -2.26. The van der Waals surface area contributed by atoms with E-state index in [1.807, 2.05) is 18.2 Å². The molecule has 19 heavy (non-hydrogen) atoms. The summed E-state index contributed by atoms with van der Waals surface area (Å²) in [6.07, 6.45) is 1.89. The second kappa shape index (κ2) is 6.66. The first-order valence-corrected chi connectivity index (χ1v) is 6.78. The highest BCUT2D eigenvalue weighted by molar-refractivity contribution is 5.39. The summed E-state index contributed by atoms with van der Waals surface area (Å²) in [6, 6.07) is 4.43. The van der Waals surface area contributed by atoms with Crippen LogP contribution in [0.25, 0.3) is 0 Å². The molecule has 4 heteroatoms. The van der Waals surface area contributed by atoms with Crippen molar-refractivity contribution in [1.82, 2.24) is 15.5 Å². The van der Waals surface area contributed by atoms with E-state index < -0.39 is 0 Å². The fourth-order valence-corrected chi connectivity index (χ4v) is 1.66. The van der Waals surface area contributed by atoms with Gasteiger partial charge in [-0.05, 0) is 46.8 Å². The molecule has 0 atom stereocenters. The lowest BCUT2D eigenvalue weighted by molar-refractivity contribution is 0.420. The molecule has 0 aliphatic heterocycles. The van der Waals surface area contributed by atoms with Crippen LogP contribution in [0.5, 0.6) is 0 Å². The minimum Gasteiger partial charge on any atom is -0.349 e. The molecule has 0 amide bonds. The lowest BCUT2D eigenvalue weighted by atomic mass is 10.1. The number of hydrogen-bond donors (Lipinski definition) is 1. The zero-order valence-corrected chi connectivity index (χ0v) is 12.8. The average molecular weight is 262 g/mol. The third-order valence-corrected chi connectivity index (χ3v) is 2.75. The summed E-state index contributed by atoms with van der Waals surface area (Å²) < 4.78 is 0. The number of rotatable bonds is 6. The molecule has 1 rings (SSSR count). The summed E-state index contributed by atoms with van der Waals surface area (Å²) in [6.45, 7) is 16.0. The Kier molecular flexibility index (Phi) is 5.48. The summed E-state index contributed by atoms with van der Waals surface area (Å²) in [5, 5.41) is 12.0. The molecule has 1 aromatic rings. The monoisotopic (exact) mass is 262 g/mol. The summed E-state index contributed by atoms with van der Waals surface area (Å²) in [7, 11) is 0. The van der Waals surface area contributed by atoms with E-state index in [-0.39, 0.29) is 5.54 Å². The number of hydrogen-bond acceptors (Lipinski definition) is 4. The van der Waals surface area contributed by atoms with Gasteiger partial charge in [-0.2, -0.15) is 5.10 Å². The molecule has 1 N–H and O–H groups in total. The van der Waals surface area contributed by atoms with Crippen LogP contribution in [0.1, 0.15) is 40.3 Å². The SMILES string of the molecule is C=CCN(c1ccc(CNC(C)(C)C)nn1)C(C)C. The van der Waals surface area contributed by atoms with Gasteiger partial charge in [-0.25, -0.2) is 0 Å². The summed E-state index contributed by atoms with van der Waals surface area (Å²) >= 11 is 0. The summed E-state index contributed by atoms with van der Waals surface area (Å²) in [5.41, 5.74) is 1.05. The van der Waals surface area contributed by atoms with Gasteiger partial charge in [-0.3, -0.25) is 0 Å². The molecule has 1 heterocycles. The molecule has 0 aliphatic rings. The minimum absolute atomic E-state index is 0.0904. The Labute approximate surface area is 116 Å². The molecule has 0 unspecified atom stereocenters. The molecule has 0 aliphatic carbocycles. The normalized spacial score (nSPS) is 11.7. The van der Waals surface area contributed by atoms with Crippen molar-refractivity contribution in [1.29, 1.82) is 0 Å². The Hall–Kier alpha value is -1.42. The third-order valence-electron chi connectivity index (χ3n) is 2.75. The maximum absolute atomic E-state index is 4.31. The number of nitrogens with one attached hydrogen (secondary N) is 1. The highest BCUT2D eigenvalue weighted by Gasteiger charge is 2.12. The predicted octanol–water partition coefficient (Wildman–Crippen LogP) is 2.77. The molecule has 0 fully saturated rings. The van der Waals surface area contributed by atoms with E-state index in [0.717, 1.165) is 24.6 Å². The van der Waals surface area contributed by atoms with Crippen LogP contribution in [0.4, 0.5) is 5.82 Å². The molecule has 0 aromatic carbocycles. The van der Waals surface area contributed by atoms with Crippen LogP contribution in [0.2, 0.25) is 0 Å². The van der Waals surface area contributed by atoms with Crippen LogP contribution in [-0.4, -0.2) is 28.3 Å². The van der Waals surface area contributed by atoms with Crippen molar-refractivity contribution < 1.29 is 0 Å². The molecular formula is C15H26N4. The lowest BCUT2D eigenvalue weighted by Crippen LogP contribution is -2.35. The van der Waals surface area contributed by atoms with Gasteiger partial charge in [-0.1, -0.05) is 6.08 Å². The summed E-state index contributed by atoms with van der Waals surface area (Å²) in [5.74, 6) is 0.898. The number of anilines is 1. The van der Waals surface area contributed by atoms with Crippen molar-refractivity contribution in [2.75, 3.05) is 11.4 Å². The van der Waals surface area contributed by atoms with Gasteiger partial charge in [0, 0.05) is 24.7 Å². The molecular weight excluding hydrogens is 236 g/mol. The van der Waals surface area contributed by atoms with Gasteiger partial charge >= 0.3 is 0 Å². The Morgan fingerprint density at radius 1 is 1.32 bits per heavy atom. The van der Waals surface area contributed by atoms with Gasteiger partial charge in [0.25, 0.3) is 0 Å². The molecule has 1 aromatic heterocycles. The van der Waals surface area contributed by atoms with Crippen LogP contribution >= 0.6 is 0 Å². The molecule has 4 nitrogen and oxygen atoms in total. The van der Waals surface area contributed by atoms with Crippen molar-refractivity contribution in [3.63, 3.8) is 0 Å². The van der Waals surface area contributed by atoms with E-state index in [2.05, 4.69) is 61.6 Å². The van der Waals surface area contributed by atoms with Gasteiger partial charge < -0.3 is 10.2 Å². The van der Waals surface area contributed by atoms with E-state index in [0.29, 0.717) is 6.04 Å². The second-order valence-electron chi connectivity index (χ2n) is 6.02. The highest BCUT2D eigenvalue weighted by Crippen LogP contribution is 2.13. The topological polar surface area (TPSA) is 41.0 Å². The quantitative estimate of drug-likeness (QED) is 0.800. The molecule has 106 valence electrons. The van der Waals surface area contributed by atoms with E-state index in [9.17, 15) is 0 Å². The molecule has 0 spiro atoms. The van der Waals surface area contributed by atoms with Crippen molar-refractivity contribution >= 4 is 5.82 Å². The van der Waals surface area contributed by atoms with Crippen LogP contribution in [0.15, 0.2) is 24.8 Å². The van der Waals surface area contributed by atoms with Crippen molar-refractivity contribution in [2.45, 2.75) is 52.7 Å². The van der Waals surface area contributed by atoms with E-state index in [1.165, 1.54) is 0 Å². The van der Waals surface area contributed by atoms with Gasteiger partial charge in [-0.15, -0.1) is 11.7 Å². The van der Waals surface area contributed by atoms with E-state index >= 15 is 0 Å². The van der Waals surface area contributed by atoms with Crippen LogP contribution in [0.3, 0.4) is 0 Å². The zero-order chi connectivity index (χ0) is 14.5. The number of aromatic nitrogens is 2. The first-order valence-electron chi connectivity index (χ1n) is 6.78. The predicted molar refractivity (Wildman–Crippen MR) is 81.3 cm³/mol. The third kappa shape index (κ3) is 5.39. The minimum atomic E-state index is 0.0904. The van der Waals surface area contributed by atoms with Crippen LogP contribution in [-0.2, 0) is 6.54 Å². The Balaban J connectivity index is 2.72.